The van der Waals surface area contributed by atoms with E-state index in [0.717, 1.165) is 10.9 Å². The molecule has 0 spiro atoms. The van der Waals surface area contributed by atoms with Crippen molar-refractivity contribution in [3.8, 4) is 17.0 Å². The summed E-state index contributed by atoms with van der Waals surface area (Å²) in [7, 11) is 0. The Bertz CT molecular complexity index is 755. The van der Waals surface area contributed by atoms with E-state index in [0.29, 0.717) is 17.1 Å². The first-order chi connectivity index (χ1) is 9.63. The molecule has 3 rings (SSSR count). The molecule has 0 saturated heterocycles. The molecule has 0 aliphatic rings. The van der Waals surface area contributed by atoms with Crippen LogP contribution in [0.1, 0.15) is 13.8 Å². The van der Waals surface area contributed by atoms with Crippen LogP contribution < -0.4 is 4.74 Å². The van der Waals surface area contributed by atoms with Crippen LogP contribution in [-0.4, -0.2) is 31.3 Å². The first-order valence-corrected chi connectivity index (χ1v) is 6.50. The van der Waals surface area contributed by atoms with Gasteiger partial charge in [0.05, 0.1) is 29.6 Å². The predicted molar refractivity (Wildman–Crippen MR) is 75.7 cm³/mol. The summed E-state index contributed by atoms with van der Waals surface area (Å²) in [5.41, 5.74) is 2.07. The van der Waals surface area contributed by atoms with Gasteiger partial charge in [-0.05, 0) is 31.5 Å². The maximum atomic E-state index is 5.93. The van der Waals surface area contributed by atoms with E-state index in [4.69, 9.17) is 16.3 Å². The van der Waals surface area contributed by atoms with Gasteiger partial charge in [-0.3, -0.25) is 10.1 Å². The summed E-state index contributed by atoms with van der Waals surface area (Å²) in [4.78, 5) is 12.5. The van der Waals surface area contributed by atoms with Gasteiger partial charge in [0.25, 0.3) is 0 Å². The van der Waals surface area contributed by atoms with Crippen molar-refractivity contribution < 1.29 is 4.74 Å². The maximum Gasteiger partial charge on any atom is 0.224 e. The van der Waals surface area contributed by atoms with E-state index in [1.54, 1.807) is 18.6 Å². The normalized spacial score (nSPS) is 11.2. The Kier molecular flexibility index (Phi) is 3.23. The lowest BCUT2D eigenvalue weighted by molar-refractivity contribution is 0.241. The Hall–Kier alpha value is -2.21. The molecule has 1 N–H and O–H groups in total. The number of H-pyrrole nitrogens is 1. The van der Waals surface area contributed by atoms with Gasteiger partial charge in [0.2, 0.25) is 5.28 Å². The van der Waals surface area contributed by atoms with Crippen LogP contribution in [0.15, 0.2) is 24.7 Å². The van der Waals surface area contributed by atoms with Gasteiger partial charge in [-0.25, -0.2) is 4.98 Å². The molecule has 0 unspecified atom stereocenters. The van der Waals surface area contributed by atoms with E-state index in [-0.39, 0.29) is 11.4 Å². The molecule has 3 aromatic rings. The second kappa shape index (κ2) is 5.05. The average Bonchev–Trinajstić information content (AvgIpc) is 2.85. The zero-order valence-corrected chi connectivity index (χ0v) is 11.7. The van der Waals surface area contributed by atoms with Crippen LogP contribution in [0.4, 0.5) is 0 Å². The van der Waals surface area contributed by atoms with E-state index in [1.165, 1.54) is 0 Å². The van der Waals surface area contributed by atoms with Gasteiger partial charge in [0.1, 0.15) is 5.75 Å². The van der Waals surface area contributed by atoms with Crippen molar-refractivity contribution in [1.82, 2.24) is 25.1 Å². The number of hydrogen-bond acceptors (Lipinski definition) is 5. The van der Waals surface area contributed by atoms with Crippen LogP contribution >= 0.6 is 11.6 Å². The largest absolute Gasteiger partial charge is 0.489 e. The highest BCUT2D eigenvalue weighted by molar-refractivity contribution is 6.28. The van der Waals surface area contributed by atoms with Crippen LogP contribution in [0.3, 0.4) is 0 Å². The van der Waals surface area contributed by atoms with Crippen molar-refractivity contribution in [3.63, 3.8) is 0 Å². The number of ether oxygens (including phenoxy) is 1. The minimum Gasteiger partial charge on any atom is -0.489 e. The van der Waals surface area contributed by atoms with Crippen LogP contribution in [0.2, 0.25) is 5.28 Å². The first kappa shape index (κ1) is 12.8. The number of pyridine rings is 1. The molecule has 3 aromatic heterocycles. The lowest BCUT2D eigenvalue weighted by Gasteiger charge is -2.10. The summed E-state index contributed by atoms with van der Waals surface area (Å²) >= 11 is 5.93. The van der Waals surface area contributed by atoms with Crippen molar-refractivity contribution in [3.05, 3.63) is 29.9 Å². The third-order valence-electron chi connectivity index (χ3n) is 2.64. The summed E-state index contributed by atoms with van der Waals surface area (Å²) in [5.74, 6) is 0.684. The van der Waals surface area contributed by atoms with Gasteiger partial charge in [0.15, 0.2) is 5.65 Å². The molecular formula is C13H12ClN5O. The molecule has 6 nitrogen and oxygen atoms in total. The number of rotatable bonds is 3. The Balaban J connectivity index is 2.13. The van der Waals surface area contributed by atoms with Crippen molar-refractivity contribution in [2.75, 3.05) is 0 Å². The number of aromatic nitrogens is 5. The highest BCUT2D eigenvalue weighted by atomic mass is 35.5. The second-order valence-corrected chi connectivity index (χ2v) is 4.89. The van der Waals surface area contributed by atoms with Gasteiger partial charge in [0, 0.05) is 11.8 Å². The molecule has 7 heteroatoms. The number of fused-ring (bicyclic) bond motifs is 1. The minimum absolute atomic E-state index is 0.0787. The molecule has 102 valence electrons. The van der Waals surface area contributed by atoms with Crippen LogP contribution in [0, 0.1) is 0 Å². The van der Waals surface area contributed by atoms with Crippen molar-refractivity contribution in [1.29, 1.82) is 0 Å². The highest BCUT2D eigenvalue weighted by Gasteiger charge is 2.12. The fourth-order valence-electron chi connectivity index (χ4n) is 1.91. The quantitative estimate of drug-likeness (QED) is 0.750. The Morgan fingerprint density at radius 2 is 2.05 bits per heavy atom. The first-order valence-electron chi connectivity index (χ1n) is 6.12. The third-order valence-corrected chi connectivity index (χ3v) is 2.81. The zero-order chi connectivity index (χ0) is 14.1. The molecule has 20 heavy (non-hydrogen) atoms. The van der Waals surface area contributed by atoms with Gasteiger partial charge < -0.3 is 4.74 Å². The van der Waals surface area contributed by atoms with Crippen LogP contribution in [0.25, 0.3) is 22.3 Å². The summed E-state index contributed by atoms with van der Waals surface area (Å²) < 4.78 is 5.64. The summed E-state index contributed by atoms with van der Waals surface area (Å²) in [6.07, 6.45) is 5.11. The zero-order valence-electron chi connectivity index (χ0n) is 11.0. The summed E-state index contributed by atoms with van der Waals surface area (Å²) in [6.45, 7) is 3.92. The smallest absolute Gasteiger partial charge is 0.224 e. The molecule has 0 atom stereocenters. The standard InChI is InChI=1S/C13H12ClN5O/c1-7(2)20-9-3-8(4-15-5-9)11-10-6-16-19-12(10)18-13(14)17-11/h3-7H,1-2H3,(H,16,17,18,19). The SMILES string of the molecule is CC(C)Oc1cncc(-c2nc(Cl)nc3[nH]ncc23)c1. The lowest BCUT2D eigenvalue weighted by atomic mass is 10.1. The second-order valence-electron chi connectivity index (χ2n) is 4.55. The molecule has 0 fully saturated rings. The average molecular weight is 290 g/mol. The lowest BCUT2D eigenvalue weighted by Crippen LogP contribution is -2.05. The Morgan fingerprint density at radius 3 is 2.85 bits per heavy atom. The fourth-order valence-corrected chi connectivity index (χ4v) is 2.08. The van der Waals surface area contributed by atoms with E-state index >= 15 is 0 Å². The molecule has 0 aliphatic heterocycles. The highest BCUT2D eigenvalue weighted by Crippen LogP contribution is 2.28. The van der Waals surface area contributed by atoms with E-state index in [9.17, 15) is 0 Å². The monoisotopic (exact) mass is 289 g/mol. The molecule has 0 radical (unpaired) electrons. The van der Waals surface area contributed by atoms with E-state index in [2.05, 4.69) is 25.1 Å². The number of nitrogens with zero attached hydrogens (tertiary/aromatic N) is 4. The summed E-state index contributed by atoms with van der Waals surface area (Å²) in [5, 5.41) is 7.69. The Labute approximate surface area is 120 Å². The van der Waals surface area contributed by atoms with Gasteiger partial charge in [-0.1, -0.05) is 0 Å². The molecule has 0 aliphatic carbocycles. The van der Waals surface area contributed by atoms with Crippen molar-refractivity contribution in [2.24, 2.45) is 0 Å². The number of halogens is 1. The van der Waals surface area contributed by atoms with Crippen molar-refractivity contribution in [2.45, 2.75) is 20.0 Å². The predicted octanol–water partition coefficient (Wildman–Crippen LogP) is 2.86. The molecular weight excluding hydrogens is 278 g/mol. The Morgan fingerprint density at radius 1 is 1.20 bits per heavy atom. The minimum atomic E-state index is 0.0787. The summed E-state index contributed by atoms with van der Waals surface area (Å²) in [6, 6.07) is 1.87. The van der Waals surface area contributed by atoms with Gasteiger partial charge in [-0.15, -0.1) is 0 Å². The van der Waals surface area contributed by atoms with Gasteiger partial charge >= 0.3 is 0 Å². The number of aromatic amines is 1. The fraction of sp³-hybridized carbons (Fsp3) is 0.231. The van der Waals surface area contributed by atoms with Crippen LogP contribution in [-0.2, 0) is 0 Å². The molecule has 0 amide bonds. The number of hydrogen-bond donors (Lipinski definition) is 1. The van der Waals surface area contributed by atoms with Gasteiger partial charge in [-0.2, -0.15) is 10.1 Å². The molecule has 0 aromatic carbocycles. The molecule has 0 bridgehead atoms. The van der Waals surface area contributed by atoms with E-state index < -0.39 is 0 Å². The maximum absolute atomic E-state index is 5.93. The molecule has 0 saturated carbocycles. The van der Waals surface area contributed by atoms with E-state index in [1.807, 2.05) is 19.9 Å². The topological polar surface area (TPSA) is 76.6 Å². The molecule has 3 heterocycles. The van der Waals surface area contributed by atoms with Crippen LogP contribution in [0.5, 0.6) is 5.75 Å². The third kappa shape index (κ3) is 2.42. The number of nitrogens with one attached hydrogen (secondary N) is 1. The van der Waals surface area contributed by atoms with Crippen molar-refractivity contribution >= 4 is 22.6 Å².